The smallest absolute Gasteiger partial charge is 0.410 e. The number of carbonyl (C=O) groups is 1. The summed E-state index contributed by atoms with van der Waals surface area (Å²) in [6, 6.07) is 7.33. The Balaban J connectivity index is 2.92. The van der Waals surface area contributed by atoms with Gasteiger partial charge in [-0.05, 0) is 18.4 Å². The number of benzene rings is 1. The molecule has 0 aromatic heterocycles. The van der Waals surface area contributed by atoms with E-state index in [1.54, 1.807) is 19.1 Å². The van der Waals surface area contributed by atoms with Gasteiger partial charge in [-0.15, -0.1) is 4.52 Å². The van der Waals surface area contributed by atoms with Crippen LogP contribution < -0.4 is 0 Å². The van der Waals surface area contributed by atoms with Crippen LogP contribution >= 0.6 is 8.03 Å². The van der Waals surface area contributed by atoms with E-state index in [2.05, 4.69) is 0 Å². The normalized spacial score (nSPS) is 13.0. The molecule has 17 heavy (non-hydrogen) atoms. The first-order valence-corrected chi connectivity index (χ1v) is 6.62. The monoisotopic (exact) mass is 255 g/mol. The number of aryl methyl sites for hydroxylation is 1. The summed E-state index contributed by atoms with van der Waals surface area (Å²) in [7, 11) is -2.06. The molecule has 2 atom stereocenters. The summed E-state index contributed by atoms with van der Waals surface area (Å²) in [6.07, 6.45) is 0. The third-order valence-corrected chi connectivity index (χ3v) is 3.39. The van der Waals surface area contributed by atoms with Gasteiger partial charge in [-0.3, -0.25) is 4.79 Å². The van der Waals surface area contributed by atoms with Gasteiger partial charge in [-0.1, -0.05) is 29.8 Å². The van der Waals surface area contributed by atoms with Gasteiger partial charge < -0.3 is 4.74 Å². The minimum absolute atomic E-state index is 0.318. The number of carbonyl (C=O) groups excluding carboxylic acids is 1. The zero-order chi connectivity index (χ0) is 12.8. The lowest BCUT2D eigenvalue weighted by atomic mass is 10.2. The van der Waals surface area contributed by atoms with Crippen molar-refractivity contribution < 1.29 is 18.6 Å². The standard InChI is InChI=1S/C12H16O4P/c1-4-15-17(14)12(16-10(3)13)11-7-5-9(2)6-8-11/h5-8,12H,4H2,1-3H3/q+1. The zero-order valence-corrected chi connectivity index (χ0v) is 11.1. The Bertz CT molecular complexity index is 399. The topological polar surface area (TPSA) is 52.6 Å². The molecule has 92 valence electrons. The molecular weight excluding hydrogens is 239 g/mol. The molecule has 4 nitrogen and oxygen atoms in total. The summed E-state index contributed by atoms with van der Waals surface area (Å²) in [4.78, 5) is 11.0. The van der Waals surface area contributed by atoms with E-state index in [4.69, 9.17) is 9.26 Å². The maximum atomic E-state index is 11.8. The molecule has 0 spiro atoms. The molecular formula is C12H16O4P+. The van der Waals surface area contributed by atoms with Gasteiger partial charge in [0.25, 0.3) is 0 Å². The molecule has 0 bridgehead atoms. The Morgan fingerprint density at radius 3 is 2.41 bits per heavy atom. The van der Waals surface area contributed by atoms with Crippen molar-refractivity contribution in [3.05, 3.63) is 35.4 Å². The van der Waals surface area contributed by atoms with Gasteiger partial charge in [-0.25, -0.2) is 0 Å². The van der Waals surface area contributed by atoms with E-state index in [0.717, 1.165) is 5.56 Å². The molecule has 1 rings (SSSR count). The molecule has 0 heterocycles. The number of hydrogen-bond donors (Lipinski definition) is 0. The van der Waals surface area contributed by atoms with Gasteiger partial charge in [0.1, 0.15) is 0 Å². The van der Waals surface area contributed by atoms with Crippen LogP contribution in [0.4, 0.5) is 0 Å². The van der Waals surface area contributed by atoms with Gasteiger partial charge >= 0.3 is 19.8 Å². The molecule has 0 saturated heterocycles. The average molecular weight is 255 g/mol. The Morgan fingerprint density at radius 2 is 1.94 bits per heavy atom. The van der Waals surface area contributed by atoms with Crippen molar-refractivity contribution >= 4 is 14.0 Å². The van der Waals surface area contributed by atoms with Crippen molar-refractivity contribution in [1.29, 1.82) is 0 Å². The highest BCUT2D eigenvalue weighted by molar-refractivity contribution is 7.39. The van der Waals surface area contributed by atoms with Crippen molar-refractivity contribution in [3.63, 3.8) is 0 Å². The first kappa shape index (κ1) is 13.8. The minimum atomic E-state index is -2.06. The van der Waals surface area contributed by atoms with Gasteiger partial charge in [0.2, 0.25) is 0 Å². The van der Waals surface area contributed by atoms with E-state index in [1.165, 1.54) is 6.92 Å². The summed E-state index contributed by atoms with van der Waals surface area (Å²) in [5, 5.41) is 0. The Morgan fingerprint density at radius 1 is 1.35 bits per heavy atom. The molecule has 0 amide bonds. The second-order valence-electron chi connectivity index (χ2n) is 3.58. The third kappa shape index (κ3) is 4.25. The second-order valence-corrected chi connectivity index (χ2v) is 4.87. The van der Waals surface area contributed by atoms with E-state index in [1.807, 2.05) is 19.1 Å². The fourth-order valence-electron chi connectivity index (χ4n) is 1.32. The highest BCUT2D eigenvalue weighted by Crippen LogP contribution is 2.42. The van der Waals surface area contributed by atoms with Gasteiger partial charge in [0.05, 0.1) is 6.61 Å². The Labute approximate surface area is 102 Å². The van der Waals surface area contributed by atoms with Crippen molar-refractivity contribution in [2.45, 2.75) is 26.6 Å². The lowest BCUT2D eigenvalue weighted by molar-refractivity contribution is -0.143. The molecule has 2 unspecified atom stereocenters. The first-order chi connectivity index (χ1) is 8.04. The molecule has 0 aliphatic carbocycles. The largest absolute Gasteiger partial charge is 0.558 e. The maximum Gasteiger partial charge on any atom is 0.558 e. The predicted octanol–water partition coefficient (Wildman–Crippen LogP) is 3.34. The van der Waals surface area contributed by atoms with Gasteiger partial charge in [0, 0.05) is 12.5 Å². The number of rotatable bonds is 5. The van der Waals surface area contributed by atoms with Crippen molar-refractivity contribution in [2.75, 3.05) is 6.61 Å². The van der Waals surface area contributed by atoms with Crippen LogP contribution in [0.1, 0.15) is 30.8 Å². The molecule has 0 fully saturated rings. The van der Waals surface area contributed by atoms with Crippen LogP contribution in [0.3, 0.4) is 0 Å². The van der Waals surface area contributed by atoms with E-state index >= 15 is 0 Å². The van der Waals surface area contributed by atoms with Crippen LogP contribution in [-0.2, 0) is 18.6 Å². The van der Waals surface area contributed by atoms with Crippen LogP contribution in [0.2, 0.25) is 0 Å². The van der Waals surface area contributed by atoms with Crippen LogP contribution in [0.15, 0.2) is 24.3 Å². The molecule has 0 saturated carbocycles. The fraction of sp³-hybridized carbons (Fsp3) is 0.417. The summed E-state index contributed by atoms with van der Waals surface area (Å²) in [5.74, 6) is -1.30. The van der Waals surface area contributed by atoms with Gasteiger partial charge in [-0.2, -0.15) is 0 Å². The van der Waals surface area contributed by atoms with E-state index < -0.39 is 19.8 Å². The number of hydrogen-bond acceptors (Lipinski definition) is 4. The molecule has 0 N–H and O–H groups in total. The average Bonchev–Trinajstić information content (AvgIpc) is 2.27. The van der Waals surface area contributed by atoms with Crippen molar-refractivity contribution in [1.82, 2.24) is 0 Å². The van der Waals surface area contributed by atoms with Crippen LogP contribution in [0.25, 0.3) is 0 Å². The fourth-order valence-corrected chi connectivity index (χ4v) is 2.36. The van der Waals surface area contributed by atoms with Crippen LogP contribution in [0.5, 0.6) is 0 Å². The molecule has 0 aliphatic rings. The quantitative estimate of drug-likeness (QED) is 0.598. The summed E-state index contributed by atoms with van der Waals surface area (Å²) in [5.41, 5.74) is 1.77. The third-order valence-electron chi connectivity index (χ3n) is 2.09. The van der Waals surface area contributed by atoms with Crippen LogP contribution in [0, 0.1) is 6.92 Å². The molecule has 1 aromatic carbocycles. The molecule has 1 aromatic rings. The summed E-state index contributed by atoms with van der Waals surface area (Å²) in [6.45, 7) is 5.30. The van der Waals surface area contributed by atoms with E-state index in [9.17, 15) is 9.36 Å². The predicted molar refractivity (Wildman–Crippen MR) is 64.9 cm³/mol. The first-order valence-electron chi connectivity index (χ1n) is 5.37. The molecule has 0 radical (unpaired) electrons. The van der Waals surface area contributed by atoms with Gasteiger partial charge in [0.15, 0.2) is 0 Å². The van der Waals surface area contributed by atoms with Crippen LogP contribution in [-0.4, -0.2) is 12.6 Å². The maximum absolute atomic E-state index is 11.8. The van der Waals surface area contributed by atoms with E-state index in [-0.39, 0.29) is 0 Å². The lowest BCUT2D eigenvalue weighted by Crippen LogP contribution is -2.06. The second kappa shape index (κ2) is 6.48. The zero-order valence-electron chi connectivity index (χ0n) is 10.2. The lowest BCUT2D eigenvalue weighted by Gasteiger charge is -2.07. The molecule has 0 aliphatic heterocycles. The highest BCUT2D eigenvalue weighted by atomic mass is 31.1. The van der Waals surface area contributed by atoms with Crippen molar-refractivity contribution in [2.24, 2.45) is 0 Å². The Hall–Kier alpha value is -1.25. The number of ether oxygens (including phenoxy) is 1. The highest BCUT2D eigenvalue weighted by Gasteiger charge is 2.37. The SMILES string of the molecule is CCO[P+](=O)C(OC(C)=O)c1ccc(C)cc1. The summed E-state index contributed by atoms with van der Waals surface area (Å²) < 4.78 is 21.9. The number of esters is 1. The van der Waals surface area contributed by atoms with E-state index in [0.29, 0.717) is 12.2 Å². The summed E-state index contributed by atoms with van der Waals surface area (Å²) >= 11 is 0. The minimum Gasteiger partial charge on any atom is -0.410 e. The van der Waals surface area contributed by atoms with Crippen molar-refractivity contribution in [3.8, 4) is 0 Å². The molecule has 5 heteroatoms. The Kier molecular flexibility index (Phi) is 5.26.